The number of hydrogen-bond acceptors (Lipinski definition) is 4. The minimum absolute atomic E-state index is 0.0494. The third kappa shape index (κ3) is 5.09. The molecule has 27 heavy (non-hydrogen) atoms. The standard InChI is InChI=1S/C21H35N3O3/c1-23(16-8-3-2-4-9-16)14-7-13-22-19(25)12-15-24-20(26)17-10-5-6-11-18(17)21(24)27/h16-18H,2-15H2,1H3,(H,22,25). The third-order valence-electron chi connectivity index (χ3n) is 6.70. The second kappa shape index (κ2) is 9.67. The zero-order chi connectivity index (χ0) is 19.2. The normalized spacial score (nSPS) is 26.5. The molecule has 1 heterocycles. The van der Waals surface area contributed by atoms with Gasteiger partial charge in [0.25, 0.3) is 0 Å². The number of hydrogen-bond donors (Lipinski definition) is 1. The highest BCUT2D eigenvalue weighted by Gasteiger charge is 2.47. The first-order chi connectivity index (χ1) is 13.1. The van der Waals surface area contributed by atoms with E-state index in [1.165, 1.54) is 37.0 Å². The van der Waals surface area contributed by atoms with Crippen LogP contribution in [0.5, 0.6) is 0 Å². The average Bonchev–Trinajstić information content (AvgIpc) is 2.94. The van der Waals surface area contributed by atoms with Gasteiger partial charge in [-0.15, -0.1) is 0 Å². The summed E-state index contributed by atoms with van der Waals surface area (Å²) in [6, 6.07) is 0.699. The van der Waals surface area contributed by atoms with E-state index in [1.54, 1.807) is 0 Å². The van der Waals surface area contributed by atoms with Crippen molar-refractivity contribution in [2.45, 2.75) is 76.7 Å². The van der Waals surface area contributed by atoms with Gasteiger partial charge in [0.1, 0.15) is 0 Å². The molecule has 0 spiro atoms. The number of fused-ring (bicyclic) bond motifs is 1. The van der Waals surface area contributed by atoms with Crippen molar-refractivity contribution in [3.05, 3.63) is 0 Å². The minimum atomic E-state index is -0.121. The molecule has 3 rings (SSSR count). The summed E-state index contributed by atoms with van der Waals surface area (Å²) >= 11 is 0. The second-order valence-electron chi connectivity index (χ2n) is 8.55. The van der Waals surface area contributed by atoms with Crippen molar-refractivity contribution in [2.75, 3.05) is 26.7 Å². The van der Waals surface area contributed by atoms with Crippen molar-refractivity contribution < 1.29 is 14.4 Å². The smallest absolute Gasteiger partial charge is 0.233 e. The average molecular weight is 378 g/mol. The highest BCUT2D eigenvalue weighted by molar-refractivity contribution is 6.05. The summed E-state index contributed by atoms with van der Waals surface area (Å²) in [4.78, 5) is 40.7. The summed E-state index contributed by atoms with van der Waals surface area (Å²) in [5.41, 5.74) is 0. The van der Waals surface area contributed by atoms with Gasteiger partial charge in [-0.05, 0) is 45.7 Å². The lowest BCUT2D eigenvalue weighted by Gasteiger charge is -2.31. The van der Waals surface area contributed by atoms with Crippen LogP contribution >= 0.6 is 0 Å². The van der Waals surface area contributed by atoms with Gasteiger partial charge in [0.15, 0.2) is 0 Å². The van der Waals surface area contributed by atoms with Crippen molar-refractivity contribution in [1.82, 2.24) is 15.1 Å². The first kappa shape index (κ1) is 20.3. The molecule has 3 amide bonds. The van der Waals surface area contributed by atoms with Crippen LogP contribution in [0, 0.1) is 11.8 Å². The summed E-state index contributed by atoms with van der Waals surface area (Å²) < 4.78 is 0. The maximum atomic E-state index is 12.4. The van der Waals surface area contributed by atoms with Crippen LogP contribution in [0.4, 0.5) is 0 Å². The number of imide groups is 1. The van der Waals surface area contributed by atoms with Crippen LogP contribution in [-0.2, 0) is 14.4 Å². The zero-order valence-electron chi connectivity index (χ0n) is 16.8. The molecule has 0 bridgehead atoms. The van der Waals surface area contributed by atoms with Gasteiger partial charge >= 0.3 is 0 Å². The molecule has 0 aromatic heterocycles. The number of likely N-dealkylation sites (tertiary alicyclic amines) is 1. The number of amides is 3. The molecule has 3 fully saturated rings. The molecule has 0 radical (unpaired) electrons. The summed E-state index contributed by atoms with van der Waals surface area (Å²) in [6.07, 6.45) is 11.5. The lowest BCUT2D eigenvalue weighted by molar-refractivity contribution is -0.140. The maximum absolute atomic E-state index is 12.4. The quantitative estimate of drug-likeness (QED) is 0.521. The molecule has 2 unspecified atom stereocenters. The molecule has 0 aromatic rings. The monoisotopic (exact) mass is 377 g/mol. The van der Waals surface area contributed by atoms with E-state index in [0.29, 0.717) is 12.6 Å². The van der Waals surface area contributed by atoms with E-state index >= 15 is 0 Å². The van der Waals surface area contributed by atoms with Crippen molar-refractivity contribution >= 4 is 17.7 Å². The third-order valence-corrected chi connectivity index (χ3v) is 6.70. The van der Waals surface area contributed by atoms with Crippen LogP contribution in [0.15, 0.2) is 0 Å². The van der Waals surface area contributed by atoms with Crippen LogP contribution in [0.2, 0.25) is 0 Å². The molecule has 2 saturated carbocycles. The van der Waals surface area contributed by atoms with Gasteiger partial charge in [0.05, 0.1) is 11.8 Å². The number of nitrogens with one attached hydrogen (secondary N) is 1. The lowest BCUT2D eigenvalue weighted by Crippen LogP contribution is -2.37. The van der Waals surface area contributed by atoms with Gasteiger partial charge < -0.3 is 10.2 Å². The Kier molecular flexibility index (Phi) is 7.27. The molecule has 0 aromatic carbocycles. The highest BCUT2D eigenvalue weighted by Crippen LogP contribution is 2.37. The zero-order valence-corrected chi connectivity index (χ0v) is 16.8. The number of nitrogens with zero attached hydrogens (tertiary/aromatic N) is 2. The van der Waals surface area contributed by atoms with Gasteiger partial charge in [-0.25, -0.2) is 0 Å². The molecule has 1 aliphatic heterocycles. The summed E-state index contributed by atoms with van der Waals surface area (Å²) in [5, 5.41) is 2.94. The van der Waals surface area contributed by atoms with Crippen molar-refractivity contribution in [1.29, 1.82) is 0 Å². The molecule has 1 saturated heterocycles. The van der Waals surface area contributed by atoms with E-state index in [0.717, 1.165) is 38.6 Å². The fraction of sp³-hybridized carbons (Fsp3) is 0.857. The molecule has 6 heteroatoms. The van der Waals surface area contributed by atoms with Crippen molar-refractivity contribution in [3.63, 3.8) is 0 Å². The number of rotatable bonds is 8. The molecular weight excluding hydrogens is 342 g/mol. The predicted octanol–water partition coefficient (Wildman–Crippen LogP) is 2.32. The highest BCUT2D eigenvalue weighted by atomic mass is 16.2. The lowest BCUT2D eigenvalue weighted by atomic mass is 9.81. The molecule has 1 N–H and O–H groups in total. The van der Waals surface area contributed by atoms with Crippen LogP contribution in [0.25, 0.3) is 0 Å². The Morgan fingerprint density at radius 3 is 2.22 bits per heavy atom. The first-order valence-electron chi connectivity index (χ1n) is 10.9. The van der Waals surface area contributed by atoms with Gasteiger partial charge in [-0.2, -0.15) is 0 Å². The van der Waals surface area contributed by atoms with E-state index in [1.807, 2.05) is 0 Å². The fourth-order valence-electron chi connectivity index (χ4n) is 5.01. The summed E-state index contributed by atoms with van der Waals surface area (Å²) in [6.45, 7) is 1.89. The maximum Gasteiger partial charge on any atom is 0.233 e. The SMILES string of the molecule is CN(CCCNC(=O)CCN1C(=O)C2CCCCC2C1=O)C1CCCCC1. The molecule has 6 nitrogen and oxygen atoms in total. The Labute approximate surface area is 163 Å². The minimum Gasteiger partial charge on any atom is -0.356 e. The fourth-order valence-corrected chi connectivity index (χ4v) is 5.01. The Balaban J connectivity index is 1.31. The molecule has 2 aliphatic carbocycles. The van der Waals surface area contributed by atoms with Gasteiger partial charge in [-0.1, -0.05) is 32.1 Å². The van der Waals surface area contributed by atoms with Crippen LogP contribution in [0.3, 0.4) is 0 Å². The topological polar surface area (TPSA) is 69.7 Å². The Morgan fingerprint density at radius 1 is 1.00 bits per heavy atom. The van der Waals surface area contributed by atoms with Crippen LogP contribution < -0.4 is 5.32 Å². The molecule has 3 aliphatic rings. The van der Waals surface area contributed by atoms with E-state index < -0.39 is 0 Å². The largest absolute Gasteiger partial charge is 0.356 e. The van der Waals surface area contributed by atoms with E-state index in [4.69, 9.17) is 0 Å². The van der Waals surface area contributed by atoms with Gasteiger partial charge in [0.2, 0.25) is 17.7 Å². The van der Waals surface area contributed by atoms with E-state index in [2.05, 4.69) is 17.3 Å². The Bertz CT molecular complexity index is 521. The van der Waals surface area contributed by atoms with E-state index in [-0.39, 0.29) is 42.5 Å². The number of carbonyl (C=O) groups is 3. The summed E-state index contributed by atoms with van der Waals surface area (Å²) in [5.74, 6) is -0.404. The van der Waals surface area contributed by atoms with Gasteiger partial charge in [-0.3, -0.25) is 19.3 Å². The Hall–Kier alpha value is -1.43. The number of carbonyl (C=O) groups excluding carboxylic acids is 3. The van der Waals surface area contributed by atoms with Crippen LogP contribution in [-0.4, -0.2) is 60.2 Å². The van der Waals surface area contributed by atoms with E-state index in [9.17, 15) is 14.4 Å². The predicted molar refractivity (Wildman–Crippen MR) is 104 cm³/mol. The first-order valence-corrected chi connectivity index (χ1v) is 10.9. The summed E-state index contributed by atoms with van der Waals surface area (Å²) in [7, 11) is 2.18. The van der Waals surface area contributed by atoms with Crippen molar-refractivity contribution in [2.24, 2.45) is 11.8 Å². The van der Waals surface area contributed by atoms with Gasteiger partial charge in [0, 0.05) is 25.6 Å². The molecular formula is C21H35N3O3. The molecule has 152 valence electrons. The second-order valence-corrected chi connectivity index (χ2v) is 8.55. The Morgan fingerprint density at radius 2 is 1.59 bits per heavy atom. The molecule has 2 atom stereocenters. The van der Waals surface area contributed by atoms with Crippen LogP contribution in [0.1, 0.15) is 70.6 Å². The van der Waals surface area contributed by atoms with Crippen molar-refractivity contribution in [3.8, 4) is 0 Å².